The molecule has 0 aliphatic rings. The molecule has 0 fully saturated rings. The first-order valence-electron chi connectivity index (χ1n) is 4.77. The third kappa shape index (κ3) is 2.80. The number of hydrogen-bond acceptors (Lipinski definition) is 5. The average Bonchev–Trinajstić information content (AvgIpc) is 2.80. The number of nitrogen functional groups attached to an aromatic ring is 1. The number of carbonyl (C=O) groups excluding carboxylic acids is 1. The van der Waals surface area contributed by atoms with E-state index in [1.165, 1.54) is 0 Å². The summed E-state index contributed by atoms with van der Waals surface area (Å²) in [6.45, 7) is 0. The molecular weight excluding hydrogens is 244 g/mol. The van der Waals surface area contributed by atoms with E-state index in [2.05, 4.69) is 10.1 Å². The van der Waals surface area contributed by atoms with E-state index in [0.717, 1.165) is 5.56 Å². The molecule has 1 aromatic heterocycles. The van der Waals surface area contributed by atoms with Gasteiger partial charge in [-0.25, -0.2) is 5.84 Å². The standard InChI is InChI=1S/C10H9ClN4O2/c11-7-3-1-6(2-4-7)5-8-13-10(17-15-8)9(16)14-12/h1-4H,5,12H2,(H,14,16). The zero-order valence-corrected chi connectivity index (χ0v) is 9.44. The van der Waals surface area contributed by atoms with Crippen molar-refractivity contribution in [3.63, 3.8) is 0 Å². The van der Waals surface area contributed by atoms with Gasteiger partial charge < -0.3 is 4.52 Å². The molecule has 3 N–H and O–H groups in total. The van der Waals surface area contributed by atoms with Gasteiger partial charge in [0, 0.05) is 11.4 Å². The molecule has 0 saturated heterocycles. The summed E-state index contributed by atoms with van der Waals surface area (Å²) in [5.41, 5.74) is 2.88. The second-order valence-corrected chi connectivity index (χ2v) is 3.73. The lowest BCUT2D eigenvalue weighted by Crippen LogP contribution is -2.30. The number of nitrogens with two attached hydrogens (primary N) is 1. The van der Waals surface area contributed by atoms with Crippen LogP contribution < -0.4 is 11.3 Å². The fraction of sp³-hybridized carbons (Fsp3) is 0.100. The summed E-state index contributed by atoms with van der Waals surface area (Å²) in [5.74, 6) is 4.58. The first-order valence-corrected chi connectivity index (χ1v) is 5.15. The lowest BCUT2D eigenvalue weighted by molar-refractivity contribution is 0.0910. The van der Waals surface area contributed by atoms with Gasteiger partial charge in [0.15, 0.2) is 5.82 Å². The number of nitrogens with one attached hydrogen (secondary N) is 1. The van der Waals surface area contributed by atoms with Gasteiger partial charge in [-0.15, -0.1) is 0 Å². The normalized spacial score (nSPS) is 10.2. The maximum Gasteiger partial charge on any atom is 0.323 e. The zero-order chi connectivity index (χ0) is 12.3. The van der Waals surface area contributed by atoms with Gasteiger partial charge in [-0.05, 0) is 17.7 Å². The summed E-state index contributed by atoms with van der Waals surface area (Å²) >= 11 is 5.76. The van der Waals surface area contributed by atoms with Crippen molar-refractivity contribution in [2.45, 2.75) is 6.42 Å². The summed E-state index contributed by atoms with van der Waals surface area (Å²) in [5, 5.41) is 4.32. The molecule has 17 heavy (non-hydrogen) atoms. The second kappa shape index (κ2) is 4.94. The lowest BCUT2D eigenvalue weighted by atomic mass is 10.1. The average molecular weight is 253 g/mol. The molecule has 0 aliphatic heterocycles. The van der Waals surface area contributed by atoms with E-state index in [1.807, 2.05) is 17.6 Å². The van der Waals surface area contributed by atoms with Crippen LogP contribution in [0, 0.1) is 0 Å². The summed E-state index contributed by atoms with van der Waals surface area (Å²) in [4.78, 5) is 15.0. The number of hydrazine groups is 1. The number of aromatic nitrogens is 2. The SMILES string of the molecule is NNC(=O)c1nc(Cc2ccc(Cl)cc2)no1. The van der Waals surface area contributed by atoms with Gasteiger partial charge in [0.2, 0.25) is 0 Å². The van der Waals surface area contributed by atoms with Gasteiger partial charge in [-0.2, -0.15) is 4.98 Å². The lowest BCUT2D eigenvalue weighted by Gasteiger charge is -1.96. The highest BCUT2D eigenvalue weighted by atomic mass is 35.5. The fourth-order valence-electron chi connectivity index (χ4n) is 1.26. The van der Waals surface area contributed by atoms with Crippen LogP contribution in [0.5, 0.6) is 0 Å². The largest absolute Gasteiger partial charge is 0.328 e. The molecule has 0 radical (unpaired) electrons. The number of amides is 1. The Morgan fingerprint density at radius 2 is 2.12 bits per heavy atom. The van der Waals surface area contributed by atoms with Gasteiger partial charge in [-0.3, -0.25) is 10.2 Å². The van der Waals surface area contributed by atoms with Gasteiger partial charge >= 0.3 is 11.8 Å². The van der Waals surface area contributed by atoms with Crippen molar-refractivity contribution in [2.24, 2.45) is 5.84 Å². The van der Waals surface area contributed by atoms with Crippen molar-refractivity contribution < 1.29 is 9.32 Å². The molecule has 2 rings (SSSR count). The number of benzene rings is 1. The van der Waals surface area contributed by atoms with Crippen LogP contribution >= 0.6 is 11.6 Å². The van der Waals surface area contributed by atoms with E-state index in [-0.39, 0.29) is 5.89 Å². The molecule has 1 heterocycles. The highest BCUT2D eigenvalue weighted by Crippen LogP contribution is 2.12. The van der Waals surface area contributed by atoms with Crippen molar-refractivity contribution in [3.8, 4) is 0 Å². The van der Waals surface area contributed by atoms with Gasteiger partial charge in [-0.1, -0.05) is 28.9 Å². The molecule has 0 saturated carbocycles. The predicted molar refractivity (Wildman–Crippen MR) is 60.2 cm³/mol. The fourth-order valence-corrected chi connectivity index (χ4v) is 1.39. The summed E-state index contributed by atoms with van der Waals surface area (Å²) < 4.78 is 4.73. The van der Waals surface area contributed by atoms with E-state index in [1.54, 1.807) is 12.1 Å². The van der Waals surface area contributed by atoms with Gasteiger partial charge in [0.1, 0.15) is 0 Å². The van der Waals surface area contributed by atoms with E-state index in [9.17, 15) is 4.79 Å². The number of carbonyl (C=O) groups is 1. The molecule has 7 heteroatoms. The van der Waals surface area contributed by atoms with Crippen molar-refractivity contribution in [3.05, 3.63) is 46.6 Å². The molecule has 0 unspecified atom stereocenters. The van der Waals surface area contributed by atoms with Crippen molar-refractivity contribution in [2.75, 3.05) is 0 Å². The Hall–Kier alpha value is -1.92. The van der Waals surface area contributed by atoms with Crippen LogP contribution in [0.4, 0.5) is 0 Å². The van der Waals surface area contributed by atoms with Crippen LogP contribution in [-0.2, 0) is 6.42 Å². The van der Waals surface area contributed by atoms with Crippen molar-refractivity contribution in [1.82, 2.24) is 15.6 Å². The van der Waals surface area contributed by atoms with E-state index < -0.39 is 5.91 Å². The second-order valence-electron chi connectivity index (χ2n) is 3.29. The van der Waals surface area contributed by atoms with E-state index >= 15 is 0 Å². The Kier molecular flexibility index (Phi) is 3.36. The Labute approximate surface area is 102 Å². The minimum Gasteiger partial charge on any atom is -0.328 e. The maximum absolute atomic E-state index is 11.1. The molecule has 0 atom stereocenters. The highest BCUT2D eigenvalue weighted by Gasteiger charge is 2.13. The zero-order valence-electron chi connectivity index (χ0n) is 8.68. The molecular formula is C10H9ClN4O2. The molecule has 1 amide bonds. The third-order valence-corrected chi connectivity index (χ3v) is 2.32. The van der Waals surface area contributed by atoms with Crippen molar-refractivity contribution in [1.29, 1.82) is 0 Å². The summed E-state index contributed by atoms with van der Waals surface area (Å²) in [6.07, 6.45) is 0.457. The molecule has 0 aliphatic carbocycles. The summed E-state index contributed by atoms with van der Waals surface area (Å²) in [7, 11) is 0. The monoisotopic (exact) mass is 252 g/mol. The van der Waals surface area contributed by atoms with Crippen LogP contribution in [0.3, 0.4) is 0 Å². The highest BCUT2D eigenvalue weighted by molar-refractivity contribution is 6.30. The first kappa shape index (κ1) is 11.6. The number of hydrogen-bond donors (Lipinski definition) is 2. The van der Waals surface area contributed by atoms with Gasteiger partial charge in [0.05, 0.1) is 0 Å². The molecule has 88 valence electrons. The Morgan fingerprint density at radius 1 is 1.41 bits per heavy atom. The van der Waals surface area contributed by atoms with E-state index in [4.69, 9.17) is 22.0 Å². The topological polar surface area (TPSA) is 94.0 Å². The minimum atomic E-state index is -0.611. The number of rotatable bonds is 3. The first-order chi connectivity index (χ1) is 8.19. The molecule has 1 aromatic carbocycles. The van der Waals surface area contributed by atoms with Crippen molar-refractivity contribution >= 4 is 17.5 Å². The Bertz CT molecular complexity index is 523. The molecule has 6 nitrogen and oxygen atoms in total. The van der Waals surface area contributed by atoms with Crippen LogP contribution in [0.25, 0.3) is 0 Å². The smallest absolute Gasteiger partial charge is 0.323 e. The van der Waals surface area contributed by atoms with Crippen LogP contribution in [0.1, 0.15) is 22.1 Å². The minimum absolute atomic E-state index is 0.156. The van der Waals surface area contributed by atoms with Crippen LogP contribution in [0.15, 0.2) is 28.8 Å². The van der Waals surface area contributed by atoms with Gasteiger partial charge in [0.25, 0.3) is 0 Å². The van der Waals surface area contributed by atoms with Crippen LogP contribution in [0.2, 0.25) is 5.02 Å². The number of halogens is 1. The molecule has 0 spiro atoms. The third-order valence-electron chi connectivity index (χ3n) is 2.07. The Morgan fingerprint density at radius 3 is 2.76 bits per heavy atom. The van der Waals surface area contributed by atoms with E-state index in [0.29, 0.717) is 17.3 Å². The summed E-state index contributed by atoms with van der Waals surface area (Å²) in [6, 6.07) is 7.23. The van der Waals surface area contributed by atoms with Crippen LogP contribution in [-0.4, -0.2) is 16.0 Å². The predicted octanol–water partition coefficient (Wildman–Crippen LogP) is 0.917. The number of nitrogens with zero attached hydrogens (tertiary/aromatic N) is 2. The molecule has 2 aromatic rings. The maximum atomic E-state index is 11.1. The molecule has 0 bridgehead atoms. The quantitative estimate of drug-likeness (QED) is 0.481. The Balaban J connectivity index is 2.11.